The number of pyridine rings is 1. The minimum atomic E-state index is 0.402. The summed E-state index contributed by atoms with van der Waals surface area (Å²) in [6.45, 7) is 2.00. The van der Waals surface area contributed by atoms with Crippen LogP contribution in [0.25, 0.3) is 0 Å². The van der Waals surface area contributed by atoms with Gasteiger partial charge in [0, 0.05) is 24.3 Å². The lowest BCUT2D eigenvalue weighted by Crippen LogP contribution is -2.27. The Hall–Kier alpha value is -0.600. The third kappa shape index (κ3) is 3.76. The SMILES string of the molecule is ClC1CCCC(CNCc2cccnc2)C1. The summed E-state index contributed by atoms with van der Waals surface area (Å²) in [5, 5.41) is 3.90. The third-order valence-electron chi connectivity index (χ3n) is 3.20. The highest BCUT2D eigenvalue weighted by Gasteiger charge is 2.19. The average molecular weight is 239 g/mol. The molecule has 2 unspecified atom stereocenters. The molecule has 1 heterocycles. The van der Waals surface area contributed by atoms with E-state index in [1.54, 1.807) is 0 Å². The molecule has 1 N–H and O–H groups in total. The maximum Gasteiger partial charge on any atom is 0.0339 e. The number of halogens is 1. The van der Waals surface area contributed by atoms with Gasteiger partial charge in [0.15, 0.2) is 0 Å². The zero-order valence-corrected chi connectivity index (χ0v) is 10.3. The van der Waals surface area contributed by atoms with E-state index in [2.05, 4.69) is 16.4 Å². The van der Waals surface area contributed by atoms with Crippen LogP contribution in [0.15, 0.2) is 24.5 Å². The minimum Gasteiger partial charge on any atom is -0.312 e. The largest absolute Gasteiger partial charge is 0.312 e. The standard InChI is InChI=1S/C13H19ClN2/c14-13-5-1-3-11(7-13)8-16-10-12-4-2-6-15-9-12/h2,4,6,9,11,13,16H,1,3,5,7-8,10H2. The zero-order valence-electron chi connectivity index (χ0n) is 9.53. The van der Waals surface area contributed by atoms with Crippen LogP contribution in [0.5, 0.6) is 0 Å². The van der Waals surface area contributed by atoms with Gasteiger partial charge in [-0.25, -0.2) is 0 Å². The number of hydrogen-bond donors (Lipinski definition) is 1. The Morgan fingerprint density at radius 2 is 2.38 bits per heavy atom. The summed E-state index contributed by atoms with van der Waals surface area (Å²) in [7, 11) is 0. The third-order valence-corrected chi connectivity index (χ3v) is 3.60. The van der Waals surface area contributed by atoms with E-state index in [1.165, 1.54) is 31.2 Å². The topological polar surface area (TPSA) is 24.9 Å². The van der Waals surface area contributed by atoms with E-state index < -0.39 is 0 Å². The molecule has 1 aromatic rings. The van der Waals surface area contributed by atoms with E-state index >= 15 is 0 Å². The van der Waals surface area contributed by atoms with Crippen molar-refractivity contribution in [2.24, 2.45) is 5.92 Å². The van der Waals surface area contributed by atoms with Gasteiger partial charge >= 0.3 is 0 Å². The molecule has 1 aromatic heterocycles. The van der Waals surface area contributed by atoms with Crippen molar-refractivity contribution in [3.63, 3.8) is 0 Å². The van der Waals surface area contributed by atoms with Crippen molar-refractivity contribution in [1.29, 1.82) is 0 Å². The normalized spacial score (nSPS) is 25.6. The summed E-state index contributed by atoms with van der Waals surface area (Å²) in [4.78, 5) is 4.10. The predicted octanol–water partition coefficient (Wildman–Crippen LogP) is 2.97. The maximum absolute atomic E-state index is 6.17. The fraction of sp³-hybridized carbons (Fsp3) is 0.615. The first-order chi connectivity index (χ1) is 7.84. The van der Waals surface area contributed by atoms with Crippen molar-refractivity contribution < 1.29 is 0 Å². The van der Waals surface area contributed by atoms with Gasteiger partial charge in [-0.15, -0.1) is 11.6 Å². The van der Waals surface area contributed by atoms with Crippen LogP contribution in [0.1, 0.15) is 31.2 Å². The van der Waals surface area contributed by atoms with E-state index in [0.717, 1.165) is 19.0 Å². The van der Waals surface area contributed by atoms with Crippen molar-refractivity contribution >= 4 is 11.6 Å². The van der Waals surface area contributed by atoms with Crippen molar-refractivity contribution in [3.05, 3.63) is 30.1 Å². The first-order valence-corrected chi connectivity index (χ1v) is 6.52. The molecule has 2 rings (SSSR count). The highest BCUT2D eigenvalue weighted by molar-refractivity contribution is 6.20. The number of alkyl halides is 1. The van der Waals surface area contributed by atoms with Crippen LogP contribution in [-0.4, -0.2) is 16.9 Å². The molecule has 0 aromatic carbocycles. The van der Waals surface area contributed by atoms with Gasteiger partial charge in [-0.1, -0.05) is 12.5 Å². The molecule has 0 amide bonds. The second-order valence-electron chi connectivity index (χ2n) is 4.62. The lowest BCUT2D eigenvalue weighted by molar-refractivity contribution is 0.346. The molecule has 1 fully saturated rings. The highest BCUT2D eigenvalue weighted by atomic mass is 35.5. The second-order valence-corrected chi connectivity index (χ2v) is 5.24. The molecule has 2 atom stereocenters. The molecule has 1 aliphatic carbocycles. The Balaban J connectivity index is 1.68. The van der Waals surface area contributed by atoms with Crippen molar-refractivity contribution in [1.82, 2.24) is 10.3 Å². The number of nitrogens with zero attached hydrogens (tertiary/aromatic N) is 1. The van der Waals surface area contributed by atoms with Gasteiger partial charge in [0.05, 0.1) is 0 Å². The molecule has 0 bridgehead atoms. The number of aromatic nitrogens is 1. The van der Waals surface area contributed by atoms with Gasteiger partial charge in [-0.3, -0.25) is 4.98 Å². The van der Waals surface area contributed by atoms with Crippen LogP contribution in [0.3, 0.4) is 0 Å². The lowest BCUT2D eigenvalue weighted by Gasteiger charge is -2.25. The van der Waals surface area contributed by atoms with Crippen LogP contribution in [0, 0.1) is 5.92 Å². The molecule has 1 aliphatic rings. The number of nitrogens with one attached hydrogen (secondary N) is 1. The molecule has 88 valence electrons. The average Bonchev–Trinajstić information content (AvgIpc) is 2.30. The summed E-state index contributed by atoms with van der Waals surface area (Å²) in [6, 6.07) is 4.08. The van der Waals surface area contributed by atoms with Gasteiger partial charge in [0.1, 0.15) is 0 Å². The molecule has 0 aliphatic heterocycles. The van der Waals surface area contributed by atoms with Crippen molar-refractivity contribution in [2.45, 2.75) is 37.6 Å². The van der Waals surface area contributed by atoms with E-state index in [1.807, 2.05) is 18.5 Å². The first-order valence-electron chi connectivity index (χ1n) is 6.08. The molecule has 3 heteroatoms. The van der Waals surface area contributed by atoms with Crippen LogP contribution >= 0.6 is 11.6 Å². The molecule has 0 radical (unpaired) electrons. The van der Waals surface area contributed by atoms with Crippen molar-refractivity contribution in [2.75, 3.05) is 6.54 Å². The Morgan fingerprint density at radius 1 is 1.44 bits per heavy atom. The summed E-state index contributed by atoms with van der Waals surface area (Å²) < 4.78 is 0. The predicted molar refractivity (Wildman–Crippen MR) is 67.5 cm³/mol. The van der Waals surface area contributed by atoms with E-state index in [4.69, 9.17) is 11.6 Å². The summed E-state index contributed by atoms with van der Waals surface area (Å²) in [5.41, 5.74) is 1.25. The Labute approximate surface area is 102 Å². The van der Waals surface area contributed by atoms with Crippen LogP contribution < -0.4 is 5.32 Å². The van der Waals surface area contributed by atoms with Crippen LogP contribution in [0.4, 0.5) is 0 Å². The lowest BCUT2D eigenvalue weighted by atomic mass is 9.89. The van der Waals surface area contributed by atoms with Crippen molar-refractivity contribution in [3.8, 4) is 0 Å². The quantitative estimate of drug-likeness (QED) is 0.816. The second kappa shape index (κ2) is 6.21. The molecule has 0 saturated heterocycles. The molecule has 16 heavy (non-hydrogen) atoms. The number of rotatable bonds is 4. The van der Waals surface area contributed by atoms with Gasteiger partial charge in [0.25, 0.3) is 0 Å². The maximum atomic E-state index is 6.17. The summed E-state index contributed by atoms with van der Waals surface area (Å²) in [5.74, 6) is 0.757. The number of hydrogen-bond acceptors (Lipinski definition) is 2. The van der Waals surface area contributed by atoms with Gasteiger partial charge in [-0.05, 0) is 43.4 Å². The fourth-order valence-electron chi connectivity index (χ4n) is 2.33. The Bertz CT molecular complexity index is 302. The monoisotopic (exact) mass is 238 g/mol. The van der Waals surface area contributed by atoms with Gasteiger partial charge < -0.3 is 5.32 Å². The van der Waals surface area contributed by atoms with Crippen LogP contribution in [0.2, 0.25) is 0 Å². The molecule has 0 spiro atoms. The smallest absolute Gasteiger partial charge is 0.0339 e. The zero-order chi connectivity index (χ0) is 11.2. The van der Waals surface area contributed by atoms with E-state index in [-0.39, 0.29) is 0 Å². The molecule has 1 saturated carbocycles. The highest BCUT2D eigenvalue weighted by Crippen LogP contribution is 2.27. The molecule has 2 nitrogen and oxygen atoms in total. The van der Waals surface area contributed by atoms with Crippen LogP contribution in [-0.2, 0) is 6.54 Å². The van der Waals surface area contributed by atoms with Gasteiger partial charge in [-0.2, -0.15) is 0 Å². The Morgan fingerprint density at radius 3 is 3.12 bits per heavy atom. The fourth-order valence-corrected chi connectivity index (χ4v) is 2.74. The Kier molecular flexibility index (Phi) is 4.61. The first kappa shape index (κ1) is 11.9. The molecular formula is C13H19ClN2. The van der Waals surface area contributed by atoms with E-state index in [9.17, 15) is 0 Å². The van der Waals surface area contributed by atoms with Gasteiger partial charge in [0.2, 0.25) is 0 Å². The molecular weight excluding hydrogens is 220 g/mol. The van der Waals surface area contributed by atoms with E-state index in [0.29, 0.717) is 5.38 Å². The minimum absolute atomic E-state index is 0.402. The summed E-state index contributed by atoms with van der Waals surface area (Å²) in [6.07, 6.45) is 8.69. The summed E-state index contributed by atoms with van der Waals surface area (Å²) >= 11 is 6.17.